The summed E-state index contributed by atoms with van der Waals surface area (Å²) in [6.45, 7) is 7.56. The number of hydrogen-bond acceptors (Lipinski definition) is 3. The molecule has 0 aromatic carbocycles. The summed E-state index contributed by atoms with van der Waals surface area (Å²) < 4.78 is 5.27. The first-order valence-electron chi connectivity index (χ1n) is 4.41. The maximum absolute atomic E-state index is 9.03. The predicted molar refractivity (Wildman–Crippen MR) is 56.2 cm³/mol. The van der Waals surface area contributed by atoms with Crippen LogP contribution in [0.2, 0.25) is 0 Å². The van der Waals surface area contributed by atoms with Crippen molar-refractivity contribution in [3.05, 3.63) is 29.6 Å². The lowest BCUT2D eigenvalue weighted by molar-refractivity contribution is 0.274. The van der Waals surface area contributed by atoms with Gasteiger partial charge in [0.2, 0.25) is 0 Å². The van der Waals surface area contributed by atoms with Gasteiger partial charge in [-0.15, -0.1) is 0 Å². The van der Waals surface area contributed by atoms with E-state index in [1.807, 2.05) is 13.8 Å². The van der Waals surface area contributed by atoms with Crippen LogP contribution in [-0.2, 0) is 6.61 Å². The topological polar surface area (TPSA) is 42.4 Å². The number of allylic oxidation sites excluding steroid dienone is 1. The molecule has 0 atom stereocenters. The summed E-state index contributed by atoms with van der Waals surface area (Å²) in [5, 5.41) is 9.03. The first-order chi connectivity index (χ1) is 6.61. The number of rotatable bonds is 3. The fourth-order valence-electron chi connectivity index (χ4n) is 1.36. The van der Waals surface area contributed by atoms with Crippen LogP contribution in [0.4, 0.5) is 0 Å². The highest BCUT2D eigenvalue weighted by molar-refractivity contribution is 5.68. The molecule has 1 rings (SSSR count). The molecule has 0 fully saturated rings. The first-order valence-corrected chi connectivity index (χ1v) is 4.41. The third-order valence-electron chi connectivity index (χ3n) is 2.18. The molecule has 0 radical (unpaired) electrons. The summed E-state index contributed by atoms with van der Waals surface area (Å²) in [5.74, 6) is 0.747. The number of aliphatic hydroxyl groups excluding tert-OH is 1. The predicted octanol–water partition coefficient (Wildman–Crippen LogP) is 1.92. The Balaban J connectivity index is 3.35. The Bertz CT molecular complexity index is 359. The summed E-state index contributed by atoms with van der Waals surface area (Å²) in [4.78, 5) is 4.14. The second kappa shape index (κ2) is 4.24. The molecule has 76 valence electrons. The number of hydrogen-bond donors (Lipinski definition) is 1. The minimum absolute atomic E-state index is 0.0708. The van der Waals surface area contributed by atoms with Crippen LogP contribution in [0.5, 0.6) is 5.75 Å². The van der Waals surface area contributed by atoms with Gasteiger partial charge in [-0.3, -0.25) is 4.98 Å². The van der Waals surface area contributed by atoms with E-state index in [9.17, 15) is 0 Å². The van der Waals surface area contributed by atoms with Gasteiger partial charge in [0.1, 0.15) is 5.75 Å². The summed E-state index contributed by atoms with van der Waals surface area (Å²) in [6.07, 6.45) is 1.68. The van der Waals surface area contributed by atoms with Crippen molar-refractivity contribution in [3.8, 4) is 5.75 Å². The zero-order chi connectivity index (χ0) is 10.7. The molecule has 1 aromatic rings. The molecule has 0 spiro atoms. The Morgan fingerprint density at radius 3 is 2.71 bits per heavy atom. The Hall–Kier alpha value is -1.35. The molecule has 0 amide bonds. The van der Waals surface area contributed by atoms with Crippen molar-refractivity contribution in [1.82, 2.24) is 4.98 Å². The molecule has 0 aliphatic carbocycles. The van der Waals surface area contributed by atoms with E-state index in [-0.39, 0.29) is 6.61 Å². The molecular formula is C11H15NO2. The van der Waals surface area contributed by atoms with Crippen molar-refractivity contribution in [2.24, 2.45) is 0 Å². The van der Waals surface area contributed by atoms with Gasteiger partial charge in [0, 0.05) is 17.3 Å². The quantitative estimate of drug-likeness (QED) is 0.797. The first kappa shape index (κ1) is 10.7. The molecule has 3 heteroatoms. The molecule has 0 bridgehead atoms. The van der Waals surface area contributed by atoms with Gasteiger partial charge in [-0.05, 0) is 19.4 Å². The number of nitrogens with zero attached hydrogens (tertiary/aromatic N) is 1. The highest BCUT2D eigenvalue weighted by Crippen LogP contribution is 2.29. The van der Waals surface area contributed by atoms with Crippen molar-refractivity contribution in [3.63, 3.8) is 0 Å². The lowest BCUT2D eigenvalue weighted by atomic mass is 10.1. The van der Waals surface area contributed by atoms with Gasteiger partial charge in [0.15, 0.2) is 0 Å². The molecule has 14 heavy (non-hydrogen) atoms. The van der Waals surface area contributed by atoms with E-state index < -0.39 is 0 Å². The molecule has 3 nitrogen and oxygen atoms in total. The SMILES string of the molecule is C=C(C)c1cnc(CO)c(C)c1OC. The molecule has 1 heterocycles. The lowest BCUT2D eigenvalue weighted by Crippen LogP contribution is -2.00. The lowest BCUT2D eigenvalue weighted by Gasteiger charge is -2.12. The van der Waals surface area contributed by atoms with Gasteiger partial charge in [0.05, 0.1) is 19.4 Å². The van der Waals surface area contributed by atoms with E-state index in [2.05, 4.69) is 11.6 Å². The van der Waals surface area contributed by atoms with Gasteiger partial charge in [-0.2, -0.15) is 0 Å². The Morgan fingerprint density at radius 1 is 1.64 bits per heavy atom. The smallest absolute Gasteiger partial charge is 0.132 e. The molecule has 0 saturated carbocycles. The monoisotopic (exact) mass is 193 g/mol. The van der Waals surface area contributed by atoms with Gasteiger partial charge in [-0.25, -0.2) is 0 Å². The Labute approximate surface area is 84.1 Å². The second-order valence-electron chi connectivity index (χ2n) is 3.22. The molecule has 1 aromatic heterocycles. The zero-order valence-electron chi connectivity index (χ0n) is 8.79. The Morgan fingerprint density at radius 2 is 2.29 bits per heavy atom. The average Bonchev–Trinajstić information content (AvgIpc) is 2.17. The Kier molecular flexibility index (Phi) is 3.25. The van der Waals surface area contributed by atoms with Crippen LogP contribution >= 0.6 is 0 Å². The van der Waals surface area contributed by atoms with E-state index in [4.69, 9.17) is 9.84 Å². The molecule has 0 unspecified atom stereocenters. The summed E-state index contributed by atoms with van der Waals surface area (Å²) in [7, 11) is 1.61. The van der Waals surface area contributed by atoms with Crippen molar-refractivity contribution >= 4 is 5.57 Å². The van der Waals surface area contributed by atoms with Crippen LogP contribution in [0.1, 0.15) is 23.7 Å². The third-order valence-corrected chi connectivity index (χ3v) is 2.18. The highest BCUT2D eigenvalue weighted by Gasteiger charge is 2.11. The minimum Gasteiger partial charge on any atom is -0.496 e. The van der Waals surface area contributed by atoms with Gasteiger partial charge < -0.3 is 9.84 Å². The van der Waals surface area contributed by atoms with Crippen LogP contribution in [0.3, 0.4) is 0 Å². The van der Waals surface area contributed by atoms with Crippen molar-refractivity contribution in [1.29, 1.82) is 0 Å². The summed E-state index contributed by atoms with van der Waals surface area (Å²) >= 11 is 0. The fourth-order valence-corrected chi connectivity index (χ4v) is 1.36. The average molecular weight is 193 g/mol. The van der Waals surface area contributed by atoms with E-state index in [0.29, 0.717) is 5.69 Å². The largest absolute Gasteiger partial charge is 0.496 e. The van der Waals surface area contributed by atoms with Crippen molar-refractivity contribution in [2.75, 3.05) is 7.11 Å². The fraction of sp³-hybridized carbons (Fsp3) is 0.364. The third kappa shape index (κ3) is 1.77. The maximum atomic E-state index is 9.03. The summed E-state index contributed by atoms with van der Waals surface area (Å²) in [5.41, 5.74) is 3.31. The summed E-state index contributed by atoms with van der Waals surface area (Å²) in [6, 6.07) is 0. The highest BCUT2D eigenvalue weighted by atomic mass is 16.5. The van der Waals surface area contributed by atoms with Gasteiger partial charge >= 0.3 is 0 Å². The molecule has 1 N–H and O–H groups in total. The maximum Gasteiger partial charge on any atom is 0.132 e. The van der Waals surface area contributed by atoms with Crippen LogP contribution in [0.15, 0.2) is 12.8 Å². The zero-order valence-corrected chi connectivity index (χ0v) is 8.79. The van der Waals surface area contributed by atoms with Gasteiger partial charge in [0.25, 0.3) is 0 Å². The van der Waals surface area contributed by atoms with E-state index >= 15 is 0 Å². The van der Waals surface area contributed by atoms with Crippen molar-refractivity contribution < 1.29 is 9.84 Å². The number of aromatic nitrogens is 1. The van der Waals surface area contributed by atoms with Crippen LogP contribution in [-0.4, -0.2) is 17.2 Å². The van der Waals surface area contributed by atoms with E-state index in [1.54, 1.807) is 13.3 Å². The molecule has 0 aliphatic heterocycles. The van der Waals surface area contributed by atoms with Crippen LogP contribution in [0.25, 0.3) is 5.57 Å². The number of ether oxygens (including phenoxy) is 1. The van der Waals surface area contributed by atoms with Crippen LogP contribution in [0, 0.1) is 6.92 Å². The normalized spacial score (nSPS) is 10.0. The standard InChI is InChI=1S/C11H15NO2/c1-7(2)9-5-12-10(6-13)8(3)11(9)14-4/h5,13H,1,6H2,2-4H3. The molecule has 0 aliphatic rings. The minimum atomic E-state index is -0.0708. The van der Waals surface area contributed by atoms with Gasteiger partial charge in [-0.1, -0.05) is 6.58 Å². The molecule has 0 saturated heterocycles. The number of methoxy groups -OCH3 is 1. The second-order valence-corrected chi connectivity index (χ2v) is 3.22. The number of aliphatic hydroxyl groups is 1. The van der Waals surface area contributed by atoms with E-state index in [1.165, 1.54) is 0 Å². The van der Waals surface area contributed by atoms with Crippen molar-refractivity contribution in [2.45, 2.75) is 20.5 Å². The number of pyridine rings is 1. The molecular weight excluding hydrogens is 178 g/mol. The van der Waals surface area contributed by atoms with Crippen LogP contribution < -0.4 is 4.74 Å². The van der Waals surface area contributed by atoms with E-state index in [0.717, 1.165) is 22.4 Å².